The first-order valence-corrected chi connectivity index (χ1v) is 9.62. The Morgan fingerprint density at radius 3 is 2.23 bits per heavy atom. The number of hydrogen-bond donors (Lipinski definition) is 2. The molecule has 1 fully saturated rings. The molecule has 1 aliphatic heterocycles. The molecule has 2 N–H and O–H groups in total. The number of ether oxygens (including phenoxy) is 1. The highest BCUT2D eigenvalue weighted by Crippen LogP contribution is 2.25. The first kappa shape index (κ1) is 18.8. The molecule has 2 aromatic rings. The van der Waals surface area contributed by atoms with Crippen LogP contribution in [0, 0.1) is 11.8 Å². The summed E-state index contributed by atoms with van der Waals surface area (Å²) in [5.74, 6) is 6.89. The standard InChI is InChI=1S/C20H22NO4P/c1-21-14-20(15-21)25-19-11-9-18(10-12-19)17-7-5-16(6-8-17)4-2-3-13-24-26(22)23/h5-12,20,22-23H,3,13-15H2,1H3. The van der Waals surface area contributed by atoms with Crippen molar-refractivity contribution < 1.29 is 19.0 Å². The van der Waals surface area contributed by atoms with Gasteiger partial charge in [-0.15, -0.1) is 0 Å². The van der Waals surface area contributed by atoms with Gasteiger partial charge in [-0.3, -0.25) is 4.90 Å². The third-order valence-corrected chi connectivity index (χ3v) is 4.49. The normalized spacial score (nSPS) is 14.6. The van der Waals surface area contributed by atoms with Gasteiger partial charge in [0, 0.05) is 25.1 Å². The molecule has 0 unspecified atom stereocenters. The molecule has 0 saturated carbocycles. The summed E-state index contributed by atoms with van der Waals surface area (Å²) in [4.78, 5) is 19.5. The van der Waals surface area contributed by atoms with Crippen LogP contribution in [0.5, 0.6) is 5.75 Å². The van der Waals surface area contributed by atoms with Crippen molar-refractivity contribution in [1.29, 1.82) is 0 Å². The number of rotatable bonds is 6. The van der Waals surface area contributed by atoms with Crippen molar-refractivity contribution in [1.82, 2.24) is 4.90 Å². The Bertz CT molecular complexity index is 759. The van der Waals surface area contributed by atoms with Crippen molar-refractivity contribution in [2.24, 2.45) is 0 Å². The van der Waals surface area contributed by atoms with E-state index in [4.69, 9.17) is 14.5 Å². The smallest absolute Gasteiger partial charge is 0.327 e. The van der Waals surface area contributed by atoms with Gasteiger partial charge in [0.25, 0.3) is 0 Å². The fourth-order valence-electron chi connectivity index (χ4n) is 2.72. The Hall–Kier alpha value is -1.93. The van der Waals surface area contributed by atoms with Gasteiger partial charge < -0.3 is 19.0 Å². The molecule has 1 heterocycles. The Labute approximate surface area is 155 Å². The van der Waals surface area contributed by atoms with Gasteiger partial charge >= 0.3 is 8.60 Å². The number of benzene rings is 2. The molecule has 2 aromatic carbocycles. The molecule has 1 aliphatic rings. The molecule has 26 heavy (non-hydrogen) atoms. The molecule has 5 nitrogen and oxygen atoms in total. The topological polar surface area (TPSA) is 62.2 Å². The van der Waals surface area contributed by atoms with E-state index < -0.39 is 8.60 Å². The molecule has 1 saturated heterocycles. The molecule has 0 atom stereocenters. The minimum Gasteiger partial charge on any atom is -0.488 e. The molecule has 0 radical (unpaired) electrons. The van der Waals surface area contributed by atoms with Crippen LogP contribution < -0.4 is 4.74 Å². The molecule has 0 bridgehead atoms. The van der Waals surface area contributed by atoms with E-state index in [1.807, 2.05) is 36.4 Å². The molecule has 0 aliphatic carbocycles. The zero-order valence-corrected chi connectivity index (χ0v) is 15.5. The van der Waals surface area contributed by atoms with E-state index in [1.54, 1.807) is 0 Å². The van der Waals surface area contributed by atoms with Crippen LogP contribution in [0.4, 0.5) is 0 Å². The molecule has 0 aromatic heterocycles. The van der Waals surface area contributed by atoms with Gasteiger partial charge in [0.1, 0.15) is 11.9 Å². The average Bonchev–Trinajstić information content (AvgIpc) is 2.61. The van der Waals surface area contributed by atoms with Crippen LogP contribution in [0.25, 0.3) is 11.1 Å². The SMILES string of the molecule is CN1CC(Oc2ccc(-c3ccc(C#CCCOP(O)O)cc3)cc2)C1. The lowest BCUT2D eigenvalue weighted by molar-refractivity contribution is 0.0388. The molecule has 6 heteroatoms. The molecule has 0 spiro atoms. The Morgan fingerprint density at radius 1 is 1.04 bits per heavy atom. The van der Waals surface area contributed by atoms with Gasteiger partial charge in [0.15, 0.2) is 0 Å². The maximum atomic E-state index is 8.63. The summed E-state index contributed by atoms with van der Waals surface area (Å²) in [6, 6.07) is 16.2. The third-order valence-electron chi connectivity index (χ3n) is 4.07. The first-order valence-electron chi connectivity index (χ1n) is 8.45. The minimum absolute atomic E-state index is 0.218. The molecule has 3 rings (SSSR count). The second-order valence-electron chi connectivity index (χ2n) is 6.20. The lowest BCUT2D eigenvalue weighted by Gasteiger charge is -2.36. The van der Waals surface area contributed by atoms with E-state index in [9.17, 15) is 0 Å². The summed E-state index contributed by atoms with van der Waals surface area (Å²) in [7, 11) is -0.199. The van der Waals surface area contributed by atoms with E-state index in [1.165, 1.54) is 0 Å². The van der Waals surface area contributed by atoms with Gasteiger partial charge in [0.2, 0.25) is 0 Å². The second-order valence-corrected chi connectivity index (χ2v) is 6.96. The van der Waals surface area contributed by atoms with Crippen LogP contribution in [0.3, 0.4) is 0 Å². The van der Waals surface area contributed by atoms with Gasteiger partial charge in [-0.1, -0.05) is 36.1 Å². The van der Waals surface area contributed by atoms with Gasteiger partial charge in [0.05, 0.1) is 6.61 Å². The predicted octanol–water partition coefficient (Wildman–Crippen LogP) is 3.02. The molecular formula is C20H22NO4P. The van der Waals surface area contributed by atoms with Crippen molar-refractivity contribution >= 4 is 8.60 Å². The van der Waals surface area contributed by atoms with E-state index in [0.717, 1.165) is 35.5 Å². The van der Waals surface area contributed by atoms with Crippen molar-refractivity contribution in [3.8, 4) is 28.7 Å². The van der Waals surface area contributed by atoms with E-state index in [2.05, 4.69) is 40.4 Å². The monoisotopic (exact) mass is 371 g/mol. The van der Waals surface area contributed by atoms with E-state index in [-0.39, 0.29) is 6.61 Å². The number of hydrogen-bond acceptors (Lipinski definition) is 5. The van der Waals surface area contributed by atoms with Crippen LogP contribution >= 0.6 is 8.60 Å². The Morgan fingerprint density at radius 2 is 1.65 bits per heavy atom. The third kappa shape index (κ3) is 5.54. The quantitative estimate of drug-likeness (QED) is 0.464. The van der Waals surface area contributed by atoms with Crippen molar-refractivity contribution in [3.05, 3.63) is 54.1 Å². The Kier molecular flexibility index (Phi) is 6.62. The summed E-state index contributed by atoms with van der Waals surface area (Å²) in [5.41, 5.74) is 3.17. The maximum absolute atomic E-state index is 8.63. The minimum atomic E-state index is -2.29. The summed E-state index contributed by atoms with van der Waals surface area (Å²) in [5, 5.41) is 0. The molecule has 136 valence electrons. The molecule has 0 amide bonds. The highest BCUT2D eigenvalue weighted by atomic mass is 31.2. The summed E-state index contributed by atoms with van der Waals surface area (Å²) in [6.45, 7) is 2.19. The summed E-state index contributed by atoms with van der Waals surface area (Å²) in [6.07, 6.45) is 0.760. The van der Waals surface area contributed by atoms with Crippen molar-refractivity contribution in [3.63, 3.8) is 0 Å². The van der Waals surface area contributed by atoms with Crippen LogP contribution in [-0.2, 0) is 4.52 Å². The summed E-state index contributed by atoms with van der Waals surface area (Å²) < 4.78 is 10.6. The Balaban J connectivity index is 1.54. The second kappa shape index (κ2) is 9.14. The van der Waals surface area contributed by atoms with E-state index >= 15 is 0 Å². The van der Waals surface area contributed by atoms with Crippen LogP contribution in [0.15, 0.2) is 48.5 Å². The maximum Gasteiger partial charge on any atom is 0.327 e. The lowest BCUT2D eigenvalue weighted by atomic mass is 10.0. The lowest BCUT2D eigenvalue weighted by Crippen LogP contribution is -2.51. The van der Waals surface area contributed by atoms with Crippen LogP contribution in [0.1, 0.15) is 12.0 Å². The fraction of sp³-hybridized carbons (Fsp3) is 0.300. The fourth-order valence-corrected chi connectivity index (χ4v) is 2.98. The van der Waals surface area contributed by atoms with Crippen molar-refractivity contribution in [2.45, 2.75) is 12.5 Å². The first-order chi connectivity index (χ1) is 12.6. The number of likely N-dealkylation sites (N-methyl/N-ethyl adjacent to an activating group) is 1. The number of likely N-dealkylation sites (tertiary alicyclic amines) is 1. The van der Waals surface area contributed by atoms with Gasteiger partial charge in [-0.2, -0.15) is 0 Å². The zero-order chi connectivity index (χ0) is 18.4. The molecular weight excluding hydrogens is 349 g/mol. The largest absolute Gasteiger partial charge is 0.488 e. The average molecular weight is 371 g/mol. The van der Waals surface area contributed by atoms with Crippen LogP contribution in [-0.4, -0.2) is 47.5 Å². The van der Waals surface area contributed by atoms with Gasteiger partial charge in [-0.05, 0) is 42.4 Å². The van der Waals surface area contributed by atoms with Crippen molar-refractivity contribution in [2.75, 3.05) is 26.7 Å². The highest BCUT2D eigenvalue weighted by Gasteiger charge is 2.24. The van der Waals surface area contributed by atoms with Crippen LogP contribution in [0.2, 0.25) is 0 Å². The highest BCUT2D eigenvalue weighted by molar-refractivity contribution is 7.39. The summed E-state index contributed by atoms with van der Waals surface area (Å²) >= 11 is 0. The number of nitrogens with zero attached hydrogens (tertiary/aromatic N) is 1. The zero-order valence-electron chi connectivity index (χ0n) is 14.6. The van der Waals surface area contributed by atoms with E-state index in [0.29, 0.717) is 12.5 Å². The predicted molar refractivity (Wildman–Crippen MR) is 103 cm³/mol. The van der Waals surface area contributed by atoms with Gasteiger partial charge in [-0.25, -0.2) is 0 Å².